The summed E-state index contributed by atoms with van der Waals surface area (Å²) in [5, 5.41) is 11.6. The fourth-order valence-electron chi connectivity index (χ4n) is 6.15. The molecule has 0 radical (unpaired) electrons. The van der Waals surface area contributed by atoms with Crippen LogP contribution in [-0.2, 0) is 9.53 Å². The van der Waals surface area contributed by atoms with Crippen molar-refractivity contribution in [3.63, 3.8) is 0 Å². The summed E-state index contributed by atoms with van der Waals surface area (Å²) in [4.78, 5) is 12.2. The molecule has 138 valence electrons. The van der Waals surface area contributed by atoms with Crippen LogP contribution in [-0.4, -0.2) is 23.3 Å². The van der Waals surface area contributed by atoms with Crippen molar-refractivity contribution in [2.75, 3.05) is 6.61 Å². The predicted molar refractivity (Wildman–Crippen MR) is 95.5 cm³/mol. The predicted octanol–water partition coefficient (Wildman–Crippen LogP) is 4.71. The van der Waals surface area contributed by atoms with Gasteiger partial charge in [0, 0.05) is 11.8 Å². The summed E-state index contributed by atoms with van der Waals surface area (Å²) in [5.74, 6) is 2.36. The maximum absolute atomic E-state index is 12.2. The lowest BCUT2D eigenvalue weighted by molar-refractivity contribution is -0.190. The normalized spacial score (nSPS) is 37.3. The Morgan fingerprint density at radius 3 is 1.96 bits per heavy atom. The molecular weight excluding hydrogens is 300 g/mol. The SMILES string of the molecule is CCC(C)(C)C(=O)OCCC(O)(CC)C12CC3CC(CC(C3)C1)C2. The van der Waals surface area contributed by atoms with Crippen LogP contribution < -0.4 is 0 Å². The molecular formula is C21H36O3. The third kappa shape index (κ3) is 3.02. The fourth-order valence-corrected chi connectivity index (χ4v) is 6.15. The summed E-state index contributed by atoms with van der Waals surface area (Å²) in [6, 6.07) is 0. The maximum Gasteiger partial charge on any atom is 0.311 e. The van der Waals surface area contributed by atoms with Crippen molar-refractivity contribution in [3.8, 4) is 0 Å². The highest BCUT2D eigenvalue weighted by Gasteiger charge is 2.59. The molecule has 4 bridgehead atoms. The van der Waals surface area contributed by atoms with Gasteiger partial charge in [0.25, 0.3) is 0 Å². The van der Waals surface area contributed by atoms with Gasteiger partial charge < -0.3 is 9.84 Å². The van der Waals surface area contributed by atoms with Gasteiger partial charge in [0.15, 0.2) is 0 Å². The number of ether oxygens (including phenoxy) is 1. The molecule has 0 aliphatic heterocycles. The largest absolute Gasteiger partial charge is 0.465 e. The molecule has 1 atom stereocenters. The Labute approximate surface area is 147 Å². The van der Waals surface area contributed by atoms with Crippen LogP contribution in [0.5, 0.6) is 0 Å². The molecule has 0 aromatic rings. The van der Waals surface area contributed by atoms with Crippen LogP contribution in [0.3, 0.4) is 0 Å². The minimum atomic E-state index is -0.667. The smallest absolute Gasteiger partial charge is 0.311 e. The number of hydrogen-bond acceptors (Lipinski definition) is 3. The van der Waals surface area contributed by atoms with Gasteiger partial charge >= 0.3 is 5.97 Å². The second-order valence-corrected chi connectivity index (χ2v) is 9.71. The van der Waals surface area contributed by atoms with E-state index in [2.05, 4.69) is 6.92 Å². The molecule has 0 saturated heterocycles. The monoisotopic (exact) mass is 336 g/mol. The first-order valence-corrected chi connectivity index (χ1v) is 10.1. The van der Waals surface area contributed by atoms with Crippen LogP contribution in [0.1, 0.15) is 85.5 Å². The zero-order valence-electron chi connectivity index (χ0n) is 16.1. The van der Waals surface area contributed by atoms with Crippen LogP contribution in [0.4, 0.5) is 0 Å². The molecule has 0 aromatic heterocycles. The number of rotatable bonds is 7. The molecule has 24 heavy (non-hydrogen) atoms. The molecule has 4 saturated carbocycles. The highest BCUT2D eigenvalue weighted by Crippen LogP contribution is 2.64. The van der Waals surface area contributed by atoms with Crippen LogP contribution in [0.15, 0.2) is 0 Å². The average molecular weight is 337 g/mol. The van der Waals surface area contributed by atoms with Crippen LogP contribution in [0.2, 0.25) is 0 Å². The van der Waals surface area contributed by atoms with Crippen molar-refractivity contribution in [1.29, 1.82) is 0 Å². The molecule has 4 aliphatic rings. The standard InChI is InChI=1S/C21H36O3/c1-5-19(3,4)18(22)24-8-7-21(23,6-2)20-12-15-9-16(13-20)11-17(10-15)14-20/h15-17,23H,5-14H2,1-4H3. The molecule has 0 aromatic carbocycles. The number of carbonyl (C=O) groups excluding carboxylic acids is 1. The van der Waals surface area contributed by atoms with E-state index in [-0.39, 0.29) is 11.4 Å². The Kier molecular flexibility index (Phi) is 4.79. The van der Waals surface area contributed by atoms with E-state index in [1.807, 2.05) is 20.8 Å². The average Bonchev–Trinajstić information content (AvgIpc) is 2.53. The molecule has 0 amide bonds. The van der Waals surface area contributed by atoms with Crippen molar-refractivity contribution >= 4 is 5.97 Å². The lowest BCUT2D eigenvalue weighted by Gasteiger charge is -2.62. The third-order valence-corrected chi connectivity index (χ3v) is 7.80. The molecule has 4 fully saturated rings. The van der Waals surface area contributed by atoms with E-state index >= 15 is 0 Å². The summed E-state index contributed by atoms with van der Waals surface area (Å²) in [7, 11) is 0. The fraction of sp³-hybridized carbons (Fsp3) is 0.952. The van der Waals surface area contributed by atoms with E-state index in [1.54, 1.807) is 0 Å². The van der Waals surface area contributed by atoms with Crippen molar-refractivity contribution in [2.45, 2.75) is 91.1 Å². The zero-order valence-corrected chi connectivity index (χ0v) is 16.1. The second kappa shape index (κ2) is 6.30. The Morgan fingerprint density at radius 2 is 1.54 bits per heavy atom. The maximum atomic E-state index is 12.2. The topological polar surface area (TPSA) is 46.5 Å². The Balaban J connectivity index is 1.65. The van der Waals surface area contributed by atoms with Gasteiger partial charge in [-0.1, -0.05) is 13.8 Å². The molecule has 1 unspecified atom stereocenters. The molecule has 1 N–H and O–H groups in total. The van der Waals surface area contributed by atoms with E-state index in [9.17, 15) is 9.90 Å². The minimum Gasteiger partial charge on any atom is -0.465 e. The third-order valence-electron chi connectivity index (χ3n) is 7.80. The van der Waals surface area contributed by atoms with Gasteiger partial charge in [-0.2, -0.15) is 0 Å². The van der Waals surface area contributed by atoms with Crippen molar-refractivity contribution in [1.82, 2.24) is 0 Å². The molecule has 3 heteroatoms. The van der Waals surface area contributed by atoms with Crippen LogP contribution >= 0.6 is 0 Å². The van der Waals surface area contributed by atoms with Gasteiger partial charge in [0.2, 0.25) is 0 Å². The Bertz CT molecular complexity index is 446. The van der Waals surface area contributed by atoms with E-state index in [0.29, 0.717) is 13.0 Å². The summed E-state index contributed by atoms with van der Waals surface area (Å²) in [6.07, 6.45) is 9.89. The first-order chi connectivity index (χ1) is 11.2. The first kappa shape index (κ1) is 18.2. The number of carbonyl (C=O) groups is 1. The van der Waals surface area contributed by atoms with Gasteiger partial charge in [0.1, 0.15) is 0 Å². The van der Waals surface area contributed by atoms with Crippen molar-refractivity contribution < 1.29 is 14.6 Å². The highest BCUT2D eigenvalue weighted by atomic mass is 16.5. The quantitative estimate of drug-likeness (QED) is 0.685. The summed E-state index contributed by atoms with van der Waals surface area (Å²) in [5.41, 5.74) is -1.01. The number of aliphatic hydroxyl groups is 1. The first-order valence-electron chi connectivity index (χ1n) is 10.1. The van der Waals surface area contributed by atoms with Crippen LogP contribution in [0, 0.1) is 28.6 Å². The molecule has 4 rings (SSSR count). The van der Waals surface area contributed by atoms with E-state index in [4.69, 9.17) is 4.74 Å². The number of esters is 1. The van der Waals surface area contributed by atoms with Crippen molar-refractivity contribution in [3.05, 3.63) is 0 Å². The molecule has 0 heterocycles. The number of hydrogen-bond donors (Lipinski definition) is 1. The minimum absolute atomic E-state index is 0.0865. The molecule has 4 aliphatic carbocycles. The second-order valence-electron chi connectivity index (χ2n) is 9.71. The van der Waals surface area contributed by atoms with Gasteiger partial charge in [-0.25, -0.2) is 0 Å². The summed E-state index contributed by atoms with van der Waals surface area (Å²) in [6.45, 7) is 8.34. The van der Waals surface area contributed by atoms with Crippen LogP contribution in [0.25, 0.3) is 0 Å². The lowest BCUT2D eigenvalue weighted by atomic mass is 9.44. The highest BCUT2D eigenvalue weighted by molar-refractivity contribution is 5.75. The van der Waals surface area contributed by atoms with Gasteiger partial charge in [-0.15, -0.1) is 0 Å². The zero-order chi connectivity index (χ0) is 17.6. The molecule has 0 spiro atoms. The van der Waals surface area contributed by atoms with E-state index in [0.717, 1.165) is 30.6 Å². The Morgan fingerprint density at radius 1 is 1.04 bits per heavy atom. The Hall–Kier alpha value is -0.570. The summed E-state index contributed by atoms with van der Waals surface area (Å²) < 4.78 is 5.56. The molecule has 3 nitrogen and oxygen atoms in total. The lowest BCUT2D eigenvalue weighted by Crippen LogP contribution is -2.58. The van der Waals surface area contributed by atoms with Gasteiger partial charge in [-0.3, -0.25) is 4.79 Å². The van der Waals surface area contributed by atoms with Gasteiger partial charge in [-0.05, 0) is 83.0 Å². The van der Waals surface area contributed by atoms with E-state index in [1.165, 1.54) is 38.5 Å². The van der Waals surface area contributed by atoms with E-state index < -0.39 is 11.0 Å². The van der Waals surface area contributed by atoms with Crippen molar-refractivity contribution in [2.24, 2.45) is 28.6 Å². The van der Waals surface area contributed by atoms with Gasteiger partial charge in [0.05, 0.1) is 17.6 Å². The summed E-state index contributed by atoms with van der Waals surface area (Å²) >= 11 is 0.